The predicted molar refractivity (Wildman–Crippen MR) is 99.4 cm³/mol. The summed E-state index contributed by atoms with van der Waals surface area (Å²) in [5, 5.41) is 14.4. The third-order valence-corrected chi connectivity index (χ3v) is 4.00. The first-order chi connectivity index (χ1) is 12.9. The minimum Gasteiger partial charge on any atom is -0.455 e. The van der Waals surface area contributed by atoms with Crippen molar-refractivity contribution >= 4 is 34.2 Å². The summed E-state index contributed by atoms with van der Waals surface area (Å²) < 4.78 is 4.99. The van der Waals surface area contributed by atoms with Gasteiger partial charge in [-0.2, -0.15) is 0 Å². The number of nitrogens with zero attached hydrogens (tertiary/aromatic N) is 1. The predicted octanol–water partition coefficient (Wildman–Crippen LogP) is 3.11. The largest absolute Gasteiger partial charge is 0.455 e. The molecule has 0 fully saturated rings. The van der Waals surface area contributed by atoms with Crippen molar-refractivity contribution in [1.82, 2.24) is 4.98 Å². The van der Waals surface area contributed by atoms with Gasteiger partial charge in [-0.25, -0.2) is 0 Å². The number of anilines is 1. The van der Waals surface area contributed by atoms with Gasteiger partial charge in [0.05, 0.1) is 11.3 Å². The lowest BCUT2D eigenvalue weighted by Gasteiger charge is -2.07. The minimum atomic E-state index is -0.644. The highest BCUT2D eigenvalue weighted by Gasteiger charge is 2.17. The van der Waals surface area contributed by atoms with Crippen LogP contribution >= 0.6 is 0 Å². The first-order valence-electron chi connectivity index (χ1n) is 8.19. The lowest BCUT2D eigenvalue weighted by Crippen LogP contribution is -2.22. The van der Waals surface area contributed by atoms with Crippen molar-refractivity contribution in [3.63, 3.8) is 0 Å². The Hall–Kier alpha value is -3.68. The van der Waals surface area contributed by atoms with Crippen molar-refractivity contribution in [3.8, 4) is 0 Å². The van der Waals surface area contributed by atoms with Crippen molar-refractivity contribution in [2.45, 2.75) is 13.3 Å². The number of nitrogens with one attached hydrogen (secondary N) is 2. The molecule has 1 heterocycles. The Balaban J connectivity index is 1.58. The van der Waals surface area contributed by atoms with Gasteiger partial charge in [-0.3, -0.25) is 19.7 Å². The number of nitro benzene ring substituents is 1. The number of nitro groups is 1. The topological polar surface area (TPSA) is 114 Å². The molecule has 27 heavy (non-hydrogen) atoms. The Morgan fingerprint density at radius 2 is 2.00 bits per heavy atom. The monoisotopic (exact) mass is 367 g/mol. The first kappa shape index (κ1) is 18.1. The van der Waals surface area contributed by atoms with Crippen LogP contribution in [0.4, 0.5) is 11.4 Å². The van der Waals surface area contributed by atoms with E-state index >= 15 is 0 Å². The summed E-state index contributed by atoms with van der Waals surface area (Å²) in [7, 11) is 0. The summed E-state index contributed by atoms with van der Waals surface area (Å²) >= 11 is 0. The number of benzene rings is 2. The highest BCUT2D eigenvalue weighted by molar-refractivity contribution is 5.95. The molecule has 3 rings (SSSR count). The van der Waals surface area contributed by atoms with E-state index in [1.165, 1.54) is 12.1 Å². The Labute approximate surface area is 154 Å². The molecule has 0 aliphatic carbocycles. The fraction of sp³-hybridized carbons (Fsp3) is 0.158. The number of hydrogen-bond acceptors (Lipinski definition) is 5. The summed E-state index contributed by atoms with van der Waals surface area (Å²) in [4.78, 5) is 37.5. The van der Waals surface area contributed by atoms with Gasteiger partial charge >= 0.3 is 5.97 Å². The maximum Gasteiger partial charge on any atom is 0.310 e. The number of ether oxygens (including phenoxy) is 1. The molecule has 2 aromatic carbocycles. The molecule has 0 unspecified atom stereocenters. The number of rotatable bonds is 6. The molecule has 0 saturated heterocycles. The number of amides is 1. The lowest BCUT2D eigenvalue weighted by molar-refractivity contribution is -0.384. The fourth-order valence-corrected chi connectivity index (χ4v) is 2.72. The third-order valence-electron chi connectivity index (χ3n) is 4.00. The normalized spacial score (nSPS) is 10.6. The second-order valence-electron chi connectivity index (χ2n) is 6.02. The van der Waals surface area contributed by atoms with E-state index in [-0.39, 0.29) is 17.8 Å². The van der Waals surface area contributed by atoms with Crippen LogP contribution in [0, 0.1) is 17.0 Å². The van der Waals surface area contributed by atoms with Crippen LogP contribution in [0.1, 0.15) is 11.1 Å². The van der Waals surface area contributed by atoms with E-state index in [4.69, 9.17) is 4.74 Å². The number of hydrogen-bond donors (Lipinski definition) is 2. The zero-order valence-corrected chi connectivity index (χ0v) is 14.5. The van der Waals surface area contributed by atoms with Crippen LogP contribution in [0.15, 0.2) is 48.7 Å². The van der Waals surface area contributed by atoms with Crippen molar-refractivity contribution < 1.29 is 19.2 Å². The molecule has 8 heteroatoms. The van der Waals surface area contributed by atoms with E-state index in [1.54, 1.807) is 19.2 Å². The number of aromatic nitrogens is 1. The van der Waals surface area contributed by atoms with E-state index in [2.05, 4.69) is 10.3 Å². The van der Waals surface area contributed by atoms with Gasteiger partial charge in [0.2, 0.25) is 0 Å². The number of esters is 1. The Morgan fingerprint density at radius 1 is 1.22 bits per heavy atom. The summed E-state index contributed by atoms with van der Waals surface area (Å²) in [6, 6.07) is 12.0. The molecule has 0 radical (unpaired) electrons. The standard InChI is InChI=1S/C19H17N3O5/c1-12-6-7-16(17(8-12)22(25)26)21-18(23)11-27-19(24)9-13-10-20-15-5-3-2-4-14(13)15/h2-8,10,20H,9,11H2,1H3,(H,21,23). The minimum absolute atomic E-state index is 0.0158. The highest BCUT2D eigenvalue weighted by atomic mass is 16.6. The van der Waals surface area contributed by atoms with Crippen LogP contribution < -0.4 is 5.32 Å². The van der Waals surface area contributed by atoms with Gasteiger partial charge in [0.15, 0.2) is 6.61 Å². The maximum atomic E-state index is 12.0. The number of para-hydroxylation sites is 1. The van der Waals surface area contributed by atoms with Crippen LogP contribution in [0.3, 0.4) is 0 Å². The van der Waals surface area contributed by atoms with Crippen LogP contribution in [0.2, 0.25) is 0 Å². The van der Waals surface area contributed by atoms with Gasteiger partial charge in [0, 0.05) is 23.2 Å². The number of carbonyl (C=O) groups is 2. The van der Waals surface area contributed by atoms with Gasteiger partial charge in [-0.15, -0.1) is 0 Å². The van der Waals surface area contributed by atoms with E-state index in [9.17, 15) is 19.7 Å². The molecule has 8 nitrogen and oxygen atoms in total. The number of carbonyl (C=O) groups excluding carboxylic acids is 2. The molecule has 1 aromatic heterocycles. The number of fused-ring (bicyclic) bond motifs is 1. The number of H-pyrrole nitrogens is 1. The SMILES string of the molecule is Cc1ccc(NC(=O)COC(=O)Cc2c[nH]c3ccccc23)c([N+](=O)[O-])c1. The number of aromatic amines is 1. The van der Waals surface area contributed by atoms with Crippen LogP contribution in [0.5, 0.6) is 0 Å². The van der Waals surface area contributed by atoms with Crippen molar-refractivity contribution in [2.24, 2.45) is 0 Å². The maximum absolute atomic E-state index is 12.0. The van der Waals surface area contributed by atoms with Crippen LogP contribution in [0.25, 0.3) is 10.9 Å². The summed E-state index contributed by atoms with van der Waals surface area (Å²) in [5.41, 5.74) is 2.22. The quantitative estimate of drug-likeness (QED) is 0.395. The number of aryl methyl sites for hydroxylation is 1. The van der Waals surface area contributed by atoms with E-state index in [0.717, 1.165) is 16.5 Å². The zero-order valence-electron chi connectivity index (χ0n) is 14.5. The molecular formula is C19H17N3O5. The molecule has 0 bridgehead atoms. The van der Waals surface area contributed by atoms with Crippen molar-refractivity contribution in [1.29, 1.82) is 0 Å². The van der Waals surface area contributed by atoms with Crippen LogP contribution in [-0.4, -0.2) is 28.4 Å². The van der Waals surface area contributed by atoms with E-state index in [1.807, 2.05) is 24.3 Å². The Morgan fingerprint density at radius 3 is 2.78 bits per heavy atom. The Bertz CT molecular complexity index is 1030. The van der Waals surface area contributed by atoms with Gasteiger partial charge in [0.25, 0.3) is 11.6 Å². The molecule has 0 aliphatic rings. The van der Waals surface area contributed by atoms with Crippen molar-refractivity contribution in [3.05, 3.63) is 69.9 Å². The Kier molecular flexibility index (Phi) is 5.16. The first-order valence-corrected chi connectivity index (χ1v) is 8.19. The molecule has 2 N–H and O–H groups in total. The molecule has 3 aromatic rings. The van der Waals surface area contributed by atoms with Crippen LogP contribution in [-0.2, 0) is 20.7 Å². The summed E-state index contributed by atoms with van der Waals surface area (Å²) in [6.45, 7) is 1.19. The second-order valence-corrected chi connectivity index (χ2v) is 6.02. The summed E-state index contributed by atoms with van der Waals surface area (Å²) in [6.07, 6.45) is 1.74. The molecule has 0 atom stereocenters. The summed E-state index contributed by atoms with van der Waals surface area (Å²) in [5.74, 6) is -1.21. The molecule has 0 spiro atoms. The lowest BCUT2D eigenvalue weighted by atomic mass is 10.1. The van der Waals surface area contributed by atoms with Gasteiger partial charge in [0.1, 0.15) is 5.69 Å². The average molecular weight is 367 g/mol. The average Bonchev–Trinajstić information content (AvgIpc) is 3.04. The molecule has 0 saturated carbocycles. The molecule has 0 aliphatic heterocycles. The zero-order chi connectivity index (χ0) is 19.4. The van der Waals surface area contributed by atoms with E-state index < -0.39 is 23.4 Å². The van der Waals surface area contributed by atoms with Gasteiger partial charge in [-0.05, 0) is 30.2 Å². The molecule has 138 valence electrons. The third kappa shape index (κ3) is 4.30. The molecular weight excluding hydrogens is 350 g/mol. The molecule has 1 amide bonds. The van der Waals surface area contributed by atoms with Gasteiger partial charge < -0.3 is 15.0 Å². The van der Waals surface area contributed by atoms with Gasteiger partial charge in [-0.1, -0.05) is 24.3 Å². The highest BCUT2D eigenvalue weighted by Crippen LogP contribution is 2.25. The second kappa shape index (κ2) is 7.69. The van der Waals surface area contributed by atoms with Crippen molar-refractivity contribution in [2.75, 3.05) is 11.9 Å². The fourth-order valence-electron chi connectivity index (χ4n) is 2.72. The smallest absolute Gasteiger partial charge is 0.310 e. The van der Waals surface area contributed by atoms with E-state index in [0.29, 0.717) is 5.56 Å².